The van der Waals surface area contributed by atoms with Crippen LogP contribution in [0.4, 0.5) is 0 Å². The number of carboxylic acids is 1. The summed E-state index contributed by atoms with van der Waals surface area (Å²) >= 11 is 2.94. The van der Waals surface area contributed by atoms with Gasteiger partial charge in [0.05, 0.1) is 0 Å². The Morgan fingerprint density at radius 2 is 2.16 bits per heavy atom. The van der Waals surface area contributed by atoms with Crippen molar-refractivity contribution in [1.29, 1.82) is 0 Å². The molecule has 1 unspecified atom stereocenters. The molecule has 0 saturated carbocycles. The number of aromatic carboxylic acids is 1. The summed E-state index contributed by atoms with van der Waals surface area (Å²) < 4.78 is 30.7. The highest BCUT2D eigenvalue weighted by molar-refractivity contribution is 9.10. The number of halogens is 1. The maximum atomic E-state index is 12.3. The molecule has 1 heterocycles. The van der Waals surface area contributed by atoms with Gasteiger partial charge in [0.2, 0.25) is 15.8 Å². The molecule has 0 aromatic carbocycles. The molecular weight excluding hydrogens is 338 g/mol. The lowest BCUT2D eigenvalue weighted by atomic mass is 10.2. The van der Waals surface area contributed by atoms with Crippen molar-refractivity contribution < 1.29 is 22.7 Å². The third-order valence-corrected chi connectivity index (χ3v) is 5.68. The van der Waals surface area contributed by atoms with Gasteiger partial charge in [-0.2, -0.15) is 4.31 Å². The lowest BCUT2D eigenvalue weighted by Crippen LogP contribution is -2.34. The zero-order chi connectivity index (χ0) is 14.8. The van der Waals surface area contributed by atoms with Gasteiger partial charge < -0.3 is 9.52 Å². The third-order valence-electron chi connectivity index (χ3n) is 2.85. The van der Waals surface area contributed by atoms with Gasteiger partial charge >= 0.3 is 5.97 Å². The Balaban J connectivity index is 3.16. The van der Waals surface area contributed by atoms with E-state index in [0.29, 0.717) is 0 Å². The van der Waals surface area contributed by atoms with Crippen molar-refractivity contribution in [3.05, 3.63) is 16.5 Å². The Kier molecular flexibility index (Phi) is 5.17. The molecule has 6 nitrogen and oxygen atoms in total. The molecule has 8 heteroatoms. The van der Waals surface area contributed by atoms with Crippen LogP contribution in [0.15, 0.2) is 20.0 Å². The van der Waals surface area contributed by atoms with Crippen LogP contribution in [0.2, 0.25) is 0 Å². The van der Waals surface area contributed by atoms with E-state index in [9.17, 15) is 13.2 Å². The summed E-state index contributed by atoms with van der Waals surface area (Å²) in [6.07, 6.45) is 1.57. The SMILES string of the molecule is CCCC(C)N(C)S(=O)(=O)c1cc(C(=O)O)oc1Br. The molecule has 0 spiro atoms. The van der Waals surface area contributed by atoms with E-state index < -0.39 is 21.8 Å². The predicted molar refractivity (Wildman–Crippen MR) is 72.7 cm³/mol. The standard InChI is InChI=1S/C11H16BrNO5S/c1-4-5-7(2)13(3)19(16,17)9-6-8(11(14)15)18-10(9)12/h6-7H,4-5H2,1-3H3,(H,14,15). The van der Waals surface area contributed by atoms with E-state index in [1.807, 2.05) is 6.92 Å². The van der Waals surface area contributed by atoms with Crippen LogP contribution < -0.4 is 0 Å². The first-order valence-electron chi connectivity index (χ1n) is 5.72. The van der Waals surface area contributed by atoms with Crippen LogP contribution in [0, 0.1) is 0 Å². The number of hydrogen-bond donors (Lipinski definition) is 1. The van der Waals surface area contributed by atoms with Crippen molar-refractivity contribution >= 4 is 31.9 Å². The molecule has 0 aliphatic heterocycles. The van der Waals surface area contributed by atoms with Gasteiger partial charge in [-0.15, -0.1) is 0 Å². The maximum absolute atomic E-state index is 12.3. The fraction of sp³-hybridized carbons (Fsp3) is 0.545. The molecule has 0 saturated heterocycles. The first-order valence-corrected chi connectivity index (χ1v) is 7.95. The average Bonchev–Trinajstić information content (AvgIpc) is 2.71. The quantitative estimate of drug-likeness (QED) is 0.848. The summed E-state index contributed by atoms with van der Waals surface area (Å²) in [5, 5.41) is 8.80. The summed E-state index contributed by atoms with van der Waals surface area (Å²) in [4.78, 5) is 10.6. The Labute approximate surface area is 120 Å². The van der Waals surface area contributed by atoms with Crippen LogP contribution in [0.25, 0.3) is 0 Å². The summed E-state index contributed by atoms with van der Waals surface area (Å²) in [5.74, 6) is -1.73. The molecule has 0 radical (unpaired) electrons. The minimum atomic E-state index is -3.77. The van der Waals surface area contributed by atoms with E-state index in [-0.39, 0.29) is 15.6 Å². The van der Waals surface area contributed by atoms with Gasteiger partial charge in [-0.3, -0.25) is 0 Å². The smallest absolute Gasteiger partial charge is 0.371 e. The molecule has 0 aliphatic rings. The number of sulfonamides is 1. The monoisotopic (exact) mass is 353 g/mol. The Hall–Kier alpha value is -0.860. The maximum Gasteiger partial charge on any atom is 0.371 e. The lowest BCUT2D eigenvalue weighted by Gasteiger charge is -2.23. The molecule has 1 atom stereocenters. The van der Waals surface area contributed by atoms with Gasteiger partial charge in [-0.05, 0) is 29.3 Å². The molecule has 19 heavy (non-hydrogen) atoms. The van der Waals surface area contributed by atoms with Crippen molar-refractivity contribution in [3.63, 3.8) is 0 Å². The van der Waals surface area contributed by atoms with Gasteiger partial charge in [0, 0.05) is 19.2 Å². The Morgan fingerprint density at radius 3 is 2.58 bits per heavy atom. The van der Waals surface area contributed by atoms with Crippen molar-refractivity contribution in [2.45, 2.75) is 37.6 Å². The van der Waals surface area contributed by atoms with Gasteiger partial charge in [-0.1, -0.05) is 13.3 Å². The second kappa shape index (κ2) is 6.06. The summed E-state index contributed by atoms with van der Waals surface area (Å²) in [7, 11) is -2.31. The summed E-state index contributed by atoms with van der Waals surface area (Å²) in [5.41, 5.74) is 0. The van der Waals surface area contributed by atoms with Crippen LogP contribution in [0.5, 0.6) is 0 Å². The van der Waals surface area contributed by atoms with Crippen molar-refractivity contribution in [2.75, 3.05) is 7.05 Å². The second-order valence-corrected chi connectivity index (χ2v) is 6.90. The fourth-order valence-electron chi connectivity index (χ4n) is 1.62. The molecule has 0 amide bonds. The van der Waals surface area contributed by atoms with Crippen molar-refractivity contribution in [3.8, 4) is 0 Å². The van der Waals surface area contributed by atoms with Crippen LogP contribution in [-0.2, 0) is 10.0 Å². The lowest BCUT2D eigenvalue weighted by molar-refractivity contribution is 0.0661. The number of carbonyl (C=O) groups is 1. The minimum absolute atomic E-state index is 0.0968. The Bertz CT molecular complexity index is 566. The van der Waals surface area contributed by atoms with E-state index in [2.05, 4.69) is 15.9 Å². The van der Waals surface area contributed by atoms with Gasteiger partial charge in [0.25, 0.3) is 0 Å². The first kappa shape index (κ1) is 16.2. The van der Waals surface area contributed by atoms with Crippen molar-refractivity contribution in [1.82, 2.24) is 4.31 Å². The van der Waals surface area contributed by atoms with Gasteiger partial charge in [0.1, 0.15) is 4.90 Å². The number of furan rings is 1. The minimum Gasteiger partial charge on any atom is -0.475 e. The molecule has 0 bridgehead atoms. The first-order chi connectivity index (χ1) is 8.71. The topological polar surface area (TPSA) is 87.8 Å². The molecule has 1 aromatic heterocycles. The molecule has 0 aliphatic carbocycles. The number of carboxylic acid groups (broad SMARTS) is 1. The fourth-order valence-corrected chi connectivity index (χ4v) is 3.92. The van der Waals surface area contributed by atoms with E-state index in [1.54, 1.807) is 6.92 Å². The highest BCUT2D eigenvalue weighted by Crippen LogP contribution is 2.29. The Morgan fingerprint density at radius 1 is 1.58 bits per heavy atom. The molecule has 1 rings (SSSR count). The number of nitrogens with zero attached hydrogens (tertiary/aromatic N) is 1. The molecular formula is C11H16BrNO5S. The van der Waals surface area contributed by atoms with Crippen LogP contribution >= 0.6 is 15.9 Å². The summed E-state index contributed by atoms with van der Waals surface area (Å²) in [6, 6.07) is 0.835. The van der Waals surface area contributed by atoms with E-state index in [1.165, 1.54) is 11.4 Å². The molecule has 1 aromatic rings. The van der Waals surface area contributed by atoms with Crippen LogP contribution in [0.3, 0.4) is 0 Å². The van der Waals surface area contributed by atoms with Gasteiger partial charge in [-0.25, -0.2) is 13.2 Å². The second-order valence-electron chi connectivity index (χ2n) is 4.21. The highest BCUT2D eigenvalue weighted by atomic mass is 79.9. The summed E-state index contributed by atoms with van der Waals surface area (Å²) in [6.45, 7) is 3.76. The average molecular weight is 354 g/mol. The molecule has 1 N–H and O–H groups in total. The molecule has 108 valence electrons. The van der Waals surface area contributed by atoms with Gasteiger partial charge in [0.15, 0.2) is 4.67 Å². The van der Waals surface area contributed by atoms with E-state index >= 15 is 0 Å². The largest absolute Gasteiger partial charge is 0.475 e. The highest BCUT2D eigenvalue weighted by Gasteiger charge is 2.30. The van der Waals surface area contributed by atoms with E-state index in [4.69, 9.17) is 9.52 Å². The molecule has 0 fully saturated rings. The van der Waals surface area contributed by atoms with Crippen molar-refractivity contribution in [2.24, 2.45) is 0 Å². The number of rotatable bonds is 6. The predicted octanol–water partition coefficient (Wildman–Crippen LogP) is 2.55. The van der Waals surface area contributed by atoms with Crippen LogP contribution in [-0.4, -0.2) is 36.9 Å². The third kappa shape index (κ3) is 3.37. The number of hydrogen-bond acceptors (Lipinski definition) is 4. The zero-order valence-electron chi connectivity index (χ0n) is 10.9. The zero-order valence-corrected chi connectivity index (χ0v) is 13.3. The van der Waals surface area contributed by atoms with E-state index in [0.717, 1.165) is 18.9 Å². The normalized spacial score (nSPS) is 13.7. The van der Waals surface area contributed by atoms with Crippen LogP contribution in [0.1, 0.15) is 37.2 Å².